The predicted octanol–water partition coefficient (Wildman–Crippen LogP) is 1.70. The third kappa shape index (κ3) is 2.81. The van der Waals surface area contributed by atoms with Gasteiger partial charge in [-0.2, -0.15) is 5.10 Å². The molecule has 0 atom stereocenters. The summed E-state index contributed by atoms with van der Waals surface area (Å²) in [4.78, 5) is 11.9. The molecule has 106 valence electrons. The number of hydrogen-bond acceptors (Lipinski definition) is 3. The molecule has 0 aliphatic heterocycles. The summed E-state index contributed by atoms with van der Waals surface area (Å²) >= 11 is 6.16. The summed E-state index contributed by atoms with van der Waals surface area (Å²) in [5.74, 6) is -0.774. The molecule has 0 unspecified atom stereocenters. The van der Waals surface area contributed by atoms with Crippen LogP contribution in [0.1, 0.15) is 16.1 Å². The van der Waals surface area contributed by atoms with Crippen LogP contribution in [0.2, 0.25) is 5.15 Å². The lowest BCUT2D eigenvalue weighted by Gasteiger charge is -2.04. The molecule has 7 heteroatoms. The molecule has 0 spiro atoms. The SMILES string of the molecule is Cc1nn(-c2ccc(F)cc2)c(Cl)c1C(=O)NCCO. The maximum atomic E-state index is 12.9. The minimum Gasteiger partial charge on any atom is -0.395 e. The largest absolute Gasteiger partial charge is 0.395 e. The van der Waals surface area contributed by atoms with Gasteiger partial charge in [-0.3, -0.25) is 4.79 Å². The molecular weight excluding hydrogens is 285 g/mol. The number of hydrogen-bond donors (Lipinski definition) is 2. The molecule has 2 N–H and O–H groups in total. The van der Waals surface area contributed by atoms with E-state index in [0.717, 1.165) is 0 Å². The van der Waals surface area contributed by atoms with Crippen LogP contribution in [-0.2, 0) is 0 Å². The quantitative estimate of drug-likeness (QED) is 0.902. The van der Waals surface area contributed by atoms with Gasteiger partial charge in [0.05, 0.1) is 23.6 Å². The Morgan fingerprint density at radius 2 is 2.10 bits per heavy atom. The van der Waals surface area contributed by atoms with Crippen LogP contribution in [0.15, 0.2) is 24.3 Å². The van der Waals surface area contributed by atoms with Crippen molar-refractivity contribution in [2.24, 2.45) is 0 Å². The van der Waals surface area contributed by atoms with Gasteiger partial charge in [-0.1, -0.05) is 11.6 Å². The van der Waals surface area contributed by atoms with Gasteiger partial charge in [0.1, 0.15) is 11.0 Å². The fraction of sp³-hybridized carbons (Fsp3) is 0.231. The molecule has 0 radical (unpaired) electrons. The van der Waals surface area contributed by atoms with Crippen molar-refractivity contribution in [3.8, 4) is 5.69 Å². The molecule has 1 amide bonds. The van der Waals surface area contributed by atoms with Crippen LogP contribution in [0, 0.1) is 12.7 Å². The highest BCUT2D eigenvalue weighted by atomic mass is 35.5. The van der Waals surface area contributed by atoms with Crippen LogP contribution in [-0.4, -0.2) is 33.9 Å². The number of rotatable bonds is 4. The molecule has 20 heavy (non-hydrogen) atoms. The molecule has 0 aliphatic rings. The summed E-state index contributed by atoms with van der Waals surface area (Å²) in [7, 11) is 0. The Kier molecular flexibility index (Phi) is 4.36. The minimum absolute atomic E-state index is 0.135. The first-order valence-corrected chi connectivity index (χ1v) is 6.32. The average Bonchev–Trinajstić information content (AvgIpc) is 2.72. The Hall–Kier alpha value is -1.92. The van der Waals surface area contributed by atoms with E-state index in [1.54, 1.807) is 6.92 Å². The molecular formula is C13H13ClFN3O2. The van der Waals surface area contributed by atoms with Crippen molar-refractivity contribution in [1.29, 1.82) is 0 Å². The Labute approximate surface area is 120 Å². The number of halogens is 2. The lowest BCUT2D eigenvalue weighted by Crippen LogP contribution is -2.26. The minimum atomic E-state index is -0.407. The van der Waals surface area contributed by atoms with Gasteiger partial charge in [0, 0.05) is 6.54 Å². The molecule has 0 aliphatic carbocycles. The second-order valence-electron chi connectivity index (χ2n) is 4.12. The molecule has 0 saturated heterocycles. The van der Waals surface area contributed by atoms with Gasteiger partial charge >= 0.3 is 0 Å². The van der Waals surface area contributed by atoms with Gasteiger partial charge in [0.2, 0.25) is 0 Å². The van der Waals surface area contributed by atoms with E-state index in [0.29, 0.717) is 11.4 Å². The monoisotopic (exact) mass is 297 g/mol. The van der Waals surface area contributed by atoms with Crippen molar-refractivity contribution < 1.29 is 14.3 Å². The summed E-state index contributed by atoms with van der Waals surface area (Å²) in [5, 5.41) is 15.5. The molecule has 0 bridgehead atoms. The van der Waals surface area contributed by atoms with E-state index in [-0.39, 0.29) is 29.7 Å². The molecule has 0 saturated carbocycles. The van der Waals surface area contributed by atoms with E-state index < -0.39 is 5.91 Å². The molecule has 1 aromatic heterocycles. The van der Waals surface area contributed by atoms with Gasteiger partial charge in [0.15, 0.2) is 0 Å². The number of carbonyl (C=O) groups is 1. The van der Waals surface area contributed by atoms with Gasteiger partial charge < -0.3 is 10.4 Å². The molecule has 1 heterocycles. The molecule has 1 aromatic carbocycles. The van der Waals surface area contributed by atoms with Gasteiger partial charge in [-0.15, -0.1) is 0 Å². The Morgan fingerprint density at radius 1 is 1.45 bits per heavy atom. The standard InChI is InChI=1S/C13H13ClFN3O2/c1-8-11(13(20)16-6-7-19)12(14)18(17-8)10-4-2-9(15)3-5-10/h2-5,19H,6-7H2,1H3,(H,16,20). The van der Waals surface area contributed by atoms with Crippen molar-refractivity contribution in [1.82, 2.24) is 15.1 Å². The third-order valence-corrected chi connectivity index (χ3v) is 3.05. The topological polar surface area (TPSA) is 67.2 Å². The van der Waals surface area contributed by atoms with Crippen molar-refractivity contribution in [3.63, 3.8) is 0 Å². The number of nitrogens with one attached hydrogen (secondary N) is 1. The number of aliphatic hydroxyl groups is 1. The fourth-order valence-electron chi connectivity index (χ4n) is 1.77. The van der Waals surface area contributed by atoms with Crippen molar-refractivity contribution >= 4 is 17.5 Å². The first kappa shape index (κ1) is 14.5. The van der Waals surface area contributed by atoms with Crippen molar-refractivity contribution in [2.75, 3.05) is 13.2 Å². The molecule has 2 aromatic rings. The summed E-state index contributed by atoms with van der Waals surface area (Å²) in [6.07, 6.45) is 0. The third-order valence-electron chi connectivity index (χ3n) is 2.70. The van der Waals surface area contributed by atoms with Crippen LogP contribution in [0.5, 0.6) is 0 Å². The van der Waals surface area contributed by atoms with E-state index in [1.807, 2.05) is 0 Å². The van der Waals surface area contributed by atoms with Crippen LogP contribution in [0.25, 0.3) is 5.69 Å². The summed E-state index contributed by atoms with van der Waals surface area (Å²) in [5.41, 5.74) is 1.25. The first-order valence-electron chi connectivity index (χ1n) is 5.94. The number of aryl methyl sites for hydroxylation is 1. The van der Waals surface area contributed by atoms with E-state index in [9.17, 15) is 9.18 Å². The number of aromatic nitrogens is 2. The Bertz CT molecular complexity index is 625. The van der Waals surface area contributed by atoms with Crippen LogP contribution < -0.4 is 5.32 Å². The number of nitrogens with zero attached hydrogens (tertiary/aromatic N) is 2. The Morgan fingerprint density at radius 3 is 2.70 bits per heavy atom. The molecule has 0 fully saturated rings. The second kappa shape index (κ2) is 6.02. The summed E-state index contributed by atoms with van der Waals surface area (Å²) in [6, 6.07) is 5.61. The summed E-state index contributed by atoms with van der Waals surface area (Å²) in [6.45, 7) is 1.63. The zero-order valence-corrected chi connectivity index (χ0v) is 11.5. The summed E-state index contributed by atoms with van der Waals surface area (Å²) < 4.78 is 14.3. The average molecular weight is 298 g/mol. The van der Waals surface area contributed by atoms with Gasteiger partial charge in [-0.05, 0) is 31.2 Å². The highest BCUT2D eigenvalue weighted by Crippen LogP contribution is 2.23. The molecule has 2 rings (SSSR count). The molecule has 5 nitrogen and oxygen atoms in total. The smallest absolute Gasteiger partial charge is 0.256 e. The zero-order chi connectivity index (χ0) is 14.7. The first-order chi connectivity index (χ1) is 9.54. The lowest BCUT2D eigenvalue weighted by molar-refractivity contribution is 0.0944. The maximum Gasteiger partial charge on any atom is 0.256 e. The highest BCUT2D eigenvalue weighted by molar-refractivity contribution is 6.33. The number of benzene rings is 1. The Balaban J connectivity index is 2.38. The highest BCUT2D eigenvalue weighted by Gasteiger charge is 2.20. The van der Waals surface area contributed by atoms with E-state index >= 15 is 0 Å². The normalized spacial score (nSPS) is 10.6. The number of amides is 1. The lowest BCUT2D eigenvalue weighted by atomic mass is 10.2. The zero-order valence-electron chi connectivity index (χ0n) is 10.7. The predicted molar refractivity (Wildman–Crippen MR) is 72.7 cm³/mol. The van der Waals surface area contributed by atoms with Crippen LogP contribution in [0.4, 0.5) is 4.39 Å². The second-order valence-corrected chi connectivity index (χ2v) is 4.48. The van der Waals surface area contributed by atoms with Crippen LogP contribution >= 0.6 is 11.6 Å². The van der Waals surface area contributed by atoms with Gasteiger partial charge in [-0.25, -0.2) is 9.07 Å². The maximum absolute atomic E-state index is 12.9. The number of aliphatic hydroxyl groups excluding tert-OH is 1. The van der Waals surface area contributed by atoms with Crippen molar-refractivity contribution in [2.45, 2.75) is 6.92 Å². The van der Waals surface area contributed by atoms with Crippen LogP contribution in [0.3, 0.4) is 0 Å². The van der Waals surface area contributed by atoms with Crippen molar-refractivity contribution in [3.05, 3.63) is 46.5 Å². The number of carbonyl (C=O) groups excluding carboxylic acids is 1. The van der Waals surface area contributed by atoms with Gasteiger partial charge in [0.25, 0.3) is 5.91 Å². The van der Waals surface area contributed by atoms with E-state index in [1.165, 1.54) is 28.9 Å². The van der Waals surface area contributed by atoms with E-state index in [4.69, 9.17) is 16.7 Å². The fourth-order valence-corrected chi connectivity index (χ4v) is 2.13. The van der Waals surface area contributed by atoms with E-state index in [2.05, 4.69) is 10.4 Å².